The van der Waals surface area contributed by atoms with Crippen LogP contribution in [-0.2, 0) is 6.42 Å². The Hall–Kier alpha value is -2.50. The molecule has 0 bridgehead atoms. The van der Waals surface area contributed by atoms with Crippen molar-refractivity contribution in [2.24, 2.45) is 0 Å². The molecular weight excluding hydrogens is 324 g/mol. The van der Waals surface area contributed by atoms with Crippen LogP contribution in [-0.4, -0.2) is 37.2 Å². The van der Waals surface area contributed by atoms with Gasteiger partial charge in [-0.2, -0.15) is 9.50 Å². The van der Waals surface area contributed by atoms with Gasteiger partial charge in [0.15, 0.2) is 5.82 Å². The van der Waals surface area contributed by atoms with Crippen molar-refractivity contribution < 1.29 is 0 Å². The Morgan fingerprint density at radius 3 is 2.88 bits per heavy atom. The molecule has 6 nitrogen and oxygen atoms in total. The second-order valence-electron chi connectivity index (χ2n) is 7.00. The van der Waals surface area contributed by atoms with Crippen molar-refractivity contribution in [3.63, 3.8) is 0 Å². The van der Waals surface area contributed by atoms with Gasteiger partial charge < -0.3 is 4.90 Å². The smallest absolute Gasteiger partial charge is 0.254 e. The van der Waals surface area contributed by atoms with E-state index >= 15 is 0 Å². The molecule has 0 amide bonds. The fourth-order valence-electron chi connectivity index (χ4n) is 3.83. The average Bonchev–Trinajstić information content (AvgIpc) is 3.12. The molecule has 0 aliphatic carbocycles. The van der Waals surface area contributed by atoms with Crippen LogP contribution in [0.5, 0.6) is 0 Å². The molecule has 3 aromatic heterocycles. The van der Waals surface area contributed by atoms with E-state index in [1.54, 1.807) is 12.4 Å². The highest BCUT2D eigenvalue weighted by Crippen LogP contribution is 2.28. The van der Waals surface area contributed by atoms with Gasteiger partial charge in [0, 0.05) is 42.3 Å². The molecule has 0 unspecified atom stereocenters. The summed E-state index contributed by atoms with van der Waals surface area (Å²) in [5.74, 6) is 2.50. The summed E-state index contributed by atoms with van der Waals surface area (Å²) in [5, 5.41) is 4.79. The number of anilines is 1. The summed E-state index contributed by atoms with van der Waals surface area (Å²) in [7, 11) is 0. The number of hydrogen-bond acceptors (Lipinski definition) is 5. The molecule has 1 saturated heterocycles. The molecule has 0 N–H and O–H groups in total. The Kier molecular flexibility index (Phi) is 4.82. The molecule has 0 spiro atoms. The van der Waals surface area contributed by atoms with Crippen molar-refractivity contribution in [3.05, 3.63) is 36.3 Å². The van der Waals surface area contributed by atoms with E-state index < -0.39 is 0 Å². The molecule has 0 saturated carbocycles. The quantitative estimate of drug-likeness (QED) is 0.698. The monoisotopic (exact) mass is 350 g/mol. The molecule has 3 aromatic rings. The predicted molar refractivity (Wildman–Crippen MR) is 103 cm³/mol. The van der Waals surface area contributed by atoms with Crippen molar-refractivity contribution in [3.8, 4) is 11.4 Å². The zero-order chi connectivity index (χ0) is 17.9. The maximum Gasteiger partial charge on any atom is 0.254 e. The van der Waals surface area contributed by atoms with Gasteiger partial charge in [-0.05, 0) is 44.2 Å². The molecule has 1 aliphatic rings. The molecule has 1 aliphatic heterocycles. The summed E-state index contributed by atoms with van der Waals surface area (Å²) in [5.41, 5.74) is 2.02. The topological polar surface area (TPSA) is 59.2 Å². The normalized spacial score (nSPS) is 17.8. The molecule has 0 radical (unpaired) electrons. The SMILES string of the molecule is CCCc1cc(N2CCCC[C@H]2CC)n2nc(-c3cccnc3)nc2n1. The fraction of sp³-hybridized carbons (Fsp3) is 0.500. The molecule has 4 heterocycles. The summed E-state index contributed by atoms with van der Waals surface area (Å²) in [6.07, 6.45) is 10.5. The maximum atomic E-state index is 4.79. The van der Waals surface area contributed by atoms with Gasteiger partial charge in [-0.25, -0.2) is 4.98 Å². The highest BCUT2D eigenvalue weighted by molar-refractivity contribution is 5.58. The van der Waals surface area contributed by atoms with Gasteiger partial charge in [-0.15, -0.1) is 5.10 Å². The Labute approximate surface area is 154 Å². The minimum Gasteiger partial charge on any atom is -0.353 e. The molecule has 136 valence electrons. The molecule has 1 atom stereocenters. The Balaban J connectivity index is 1.85. The van der Waals surface area contributed by atoms with E-state index in [1.165, 1.54) is 19.3 Å². The first-order valence-electron chi connectivity index (χ1n) is 9.74. The van der Waals surface area contributed by atoms with Crippen molar-refractivity contribution >= 4 is 11.6 Å². The molecule has 4 rings (SSSR count). The molecule has 6 heteroatoms. The van der Waals surface area contributed by atoms with Crippen LogP contribution in [0, 0.1) is 0 Å². The van der Waals surface area contributed by atoms with Crippen molar-refractivity contribution in [1.29, 1.82) is 0 Å². The zero-order valence-electron chi connectivity index (χ0n) is 15.6. The van der Waals surface area contributed by atoms with Gasteiger partial charge in [0.05, 0.1) is 0 Å². The third-order valence-electron chi connectivity index (χ3n) is 5.16. The molecule has 1 fully saturated rings. The van der Waals surface area contributed by atoms with Gasteiger partial charge in [0.1, 0.15) is 5.82 Å². The van der Waals surface area contributed by atoms with Crippen molar-refractivity contribution in [2.45, 2.75) is 58.4 Å². The predicted octanol–water partition coefficient (Wildman–Crippen LogP) is 3.91. The van der Waals surface area contributed by atoms with Gasteiger partial charge in [-0.1, -0.05) is 20.3 Å². The molecule has 26 heavy (non-hydrogen) atoms. The van der Waals surface area contributed by atoms with Crippen LogP contribution in [0.4, 0.5) is 5.82 Å². The minimum absolute atomic E-state index is 0.565. The summed E-state index contributed by atoms with van der Waals surface area (Å²) in [6, 6.07) is 6.68. The number of rotatable bonds is 5. The highest BCUT2D eigenvalue weighted by Gasteiger charge is 2.25. The second-order valence-corrected chi connectivity index (χ2v) is 7.00. The van der Waals surface area contributed by atoms with E-state index in [2.05, 4.69) is 29.8 Å². The third kappa shape index (κ3) is 3.16. The second kappa shape index (κ2) is 7.40. The van der Waals surface area contributed by atoms with Crippen molar-refractivity contribution in [2.75, 3.05) is 11.4 Å². The lowest BCUT2D eigenvalue weighted by atomic mass is 10.00. The van der Waals surface area contributed by atoms with Crippen LogP contribution in [0.1, 0.15) is 51.6 Å². The Bertz CT molecular complexity index is 873. The number of hydrogen-bond donors (Lipinski definition) is 0. The van der Waals surface area contributed by atoms with Gasteiger partial charge >= 0.3 is 0 Å². The lowest BCUT2D eigenvalue weighted by molar-refractivity contribution is 0.444. The van der Waals surface area contributed by atoms with Crippen molar-refractivity contribution in [1.82, 2.24) is 24.6 Å². The number of pyridine rings is 1. The zero-order valence-corrected chi connectivity index (χ0v) is 15.6. The number of aromatic nitrogens is 5. The van der Waals surface area contributed by atoms with E-state index in [0.717, 1.165) is 42.9 Å². The van der Waals surface area contributed by atoms with Gasteiger partial charge in [0.2, 0.25) is 0 Å². The molecule has 0 aromatic carbocycles. The maximum absolute atomic E-state index is 4.79. The van der Waals surface area contributed by atoms with Gasteiger partial charge in [-0.3, -0.25) is 4.98 Å². The number of aryl methyl sites for hydroxylation is 1. The van der Waals surface area contributed by atoms with E-state index in [0.29, 0.717) is 17.6 Å². The summed E-state index contributed by atoms with van der Waals surface area (Å²) in [4.78, 5) is 16.2. The van der Waals surface area contributed by atoms with E-state index in [4.69, 9.17) is 15.1 Å². The van der Waals surface area contributed by atoms with Crippen LogP contribution in [0.15, 0.2) is 30.6 Å². The first kappa shape index (κ1) is 16.9. The van der Waals surface area contributed by atoms with Crippen LogP contribution in [0.2, 0.25) is 0 Å². The average molecular weight is 350 g/mol. The van der Waals surface area contributed by atoms with Gasteiger partial charge in [0.25, 0.3) is 5.78 Å². The summed E-state index contributed by atoms with van der Waals surface area (Å²) < 4.78 is 1.93. The Morgan fingerprint density at radius 2 is 2.12 bits per heavy atom. The largest absolute Gasteiger partial charge is 0.353 e. The standard InChI is InChI=1S/C20H26N6/c1-3-8-16-13-18(25-12-6-5-10-17(25)4-2)26-20(22-16)23-19(24-26)15-9-7-11-21-14-15/h7,9,11,13-14,17H,3-6,8,10,12H2,1-2H3/t17-/m1/s1. The number of piperidine rings is 1. The fourth-order valence-corrected chi connectivity index (χ4v) is 3.83. The van der Waals surface area contributed by atoms with Crippen LogP contribution in [0.3, 0.4) is 0 Å². The lowest BCUT2D eigenvalue weighted by Gasteiger charge is -2.37. The Morgan fingerprint density at radius 1 is 1.19 bits per heavy atom. The van der Waals surface area contributed by atoms with E-state index in [9.17, 15) is 0 Å². The van der Waals surface area contributed by atoms with Crippen LogP contribution < -0.4 is 4.90 Å². The third-order valence-corrected chi connectivity index (χ3v) is 5.16. The minimum atomic E-state index is 0.565. The highest BCUT2D eigenvalue weighted by atomic mass is 15.4. The number of fused-ring (bicyclic) bond motifs is 1. The number of nitrogens with zero attached hydrogens (tertiary/aromatic N) is 6. The lowest BCUT2D eigenvalue weighted by Crippen LogP contribution is -2.40. The molecular formula is C20H26N6. The van der Waals surface area contributed by atoms with Crippen LogP contribution >= 0.6 is 0 Å². The summed E-state index contributed by atoms with van der Waals surface area (Å²) in [6.45, 7) is 5.54. The summed E-state index contributed by atoms with van der Waals surface area (Å²) >= 11 is 0. The first-order chi connectivity index (χ1) is 12.8. The van der Waals surface area contributed by atoms with E-state index in [-0.39, 0.29) is 0 Å². The first-order valence-corrected chi connectivity index (χ1v) is 9.74. The van der Waals surface area contributed by atoms with Crippen LogP contribution in [0.25, 0.3) is 17.2 Å². The van der Waals surface area contributed by atoms with E-state index in [1.807, 2.05) is 16.6 Å².